The number of rotatable bonds is 7. The highest BCUT2D eigenvalue weighted by atomic mass is 16.5. The number of benzene rings is 1. The molecular formula is C13H20N2O2. The number of amidine groups is 1. The van der Waals surface area contributed by atoms with Gasteiger partial charge in [0.25, 0.3) is 0 Å². The Bertz CT molecular complexity index is 347. The number of nitrogens with one attached hydrogen (secondary N) is 1. The van der Waals surface area contributed by atoms with E-state index in [2.05, 4.69) is 0 Å². The van der Waals surface area contributed by atoms with Gasteiger partial charge in [0.05, 0.1) is 25.9 Å². The van der Waals surface area contributed by atoms with Crippen molar-refractivity contribution in [1.29, 1.82) is 5.41 Å². The first-order valence-electron chi connectivity index (χ1n) is 5.72. The van der Waals surface area contributed by atoms with Gasteiger partial charge in [0.1, 0.15) is 5.84 Å². The molecule has 4 nitrogen and oxygen atoms in total. The smallest absolute Gasteiger partial charge is 0.122 e. The second-order valence-corrected chi connectivity index (χ2v) is 4.08. The maximum absolute atomic E-state index is 7.27. The second kappa shape index (κ2) is 7.04. The van der Waals surface area contributed by atoms with Crippen molar-refractivity contribution in [2.75, 3.05) is 13.2 Å². The fraction of sp³-hybridized carbons (Fsp3) is 0.462. The summed E-state index contributed by atoms with van der Waals surface area (Å²) >= 11 is 0. The van der Waals surface area contributed by atoms with Gasteiger partial charge in [-0.2, -0.15) is 0 Å². The number of hydrogen-bond acceptors (Lipinski definition) is 3. The van der Waals surface area contributed by atoms with E-state index in [4.69, 9.17) is 20.6 Å². The first-order chi connectivity index (χ1) is 8.09. The molecule has 0 heterocycles. The molecule has 0 saturated carbocycles. The van der Waals surface area contributed by atoms with E-state index in [0.29, 0.717) is 19.8 Å². The van der Waals surface area contributed by atoms with Gasteiger partial charge in [-0.1, -0.05) is 24.3 Å². The van der Waals surface area contributed by atoms with E-state index in [1.165, 1.54) is 0 Å². The zero-order valence-electron chi connectivity index (χ0n) is 10.4. The molecule has 0 unspecified atom stereocenters. The lowest BCUT2D eigenvalue weighted by atomic mass is 10.1. The SMILES string of the molecule is CC(C)OCCOCc1ccc(C(=N)N)cc1. The van der Waals surface area contributed by atoms with Crippen molar-refractivity contribution in [1.82, 2.24) is 0 Å². The fourth-order valence-electron chi connectivity index (χ4n) is 1.31. The summed E-state index contributed by atoms with van der Waals surface area (Å²) < 4.78 is 10.8. The zero-order chi connectivity index (χ0) is 12.7. The average molecular weight is 236 g/mol. The molecule has 17 heavy (non-hydrogen) atoms. The summed E-state index contributed by atoms with van der Waals surface area (Å²) in [4.78, 5) is 0. The van der Waals surface area contributed by atoms with Crippen molar-refractivity contribution in [3.05, 3.63) is 35.4 Å². The van der Waals surface area contributed by atoms with E-state index in [1.807, 2.05) is 38.1 Å². The average Bonchev–Trinajstić information content (AvgIpc) is 2.29. The molecule has 0 aliphatic rings. The Morgan fingerprint density at radius 2 is 1.88 bits per heavy atom. The van der Waals surface area contributed by atoms with Crippen LogP contribution in [0.5, 0.6) is 0 Å². The van der Waals surface area contributed by atoms with Gasteiger partial charge < -0.3 is 15.2 Å². The summed E-state index contributed by atoms with van der Waals surface area (Å²) in [5, 5.41) is 7.27. The molecule has 3 N–H and O–H groups in total. The maximum Gasteiger partial charge on any atom is 0.122 e. The Balaban J connectivity index is 2.25. The summed E-state index contributed by atoms with van der Waals surface area (Å²) in [6, 6.07) is 7.48. The molecular weight excluding hydrogens is 216 g/mol. The van der Waals surface area contributed by atoms with Crippen LogP contribution in [-0.4, -0.2) is 25.2 Å². The van der Waals surface area contributed by atoms with Crippen LogP contribution in [0.2, 0.25) is 0 Å². The second-order valence-electron chi connectivity index (χ2n) is 4.08. The van der Waals surface area contributed by atoms with Crippen LogP contribution in [0.15, 0.2) is 24.3 Å². The molecule has 1 aromatic carbocycles. The number of hydrogen-bond donors (Lipinski definition) is 2. The van der Waals surface area contributed by atoms with Crippen LogP contribution in [0.4, 0.5) is 0 Å². The van der Waals surface area contributed by atoms with E-state index >= 15 is 0 Å². The van der Waals surface area contributed by atoms with Crippen molar-refractivity contribution in [3.63, 3.8) is 0 Å². The molecule has 1 rings (SSSR count). The van der Waals surface area contributed by atoms with Gasteiger partial charge in [-0.3, -0.25) is 5.41 Å². The van der Waals surface area contributed by atoms with Crippen LogP contribution in [0.3, 0.4) is 0 Å². The minimum absolute atomic E-state index is 0.0859. The number of nitrogen functional groups attached to an aromatic ring is 1. The van der Waals surface area contributed by atoms with Gasteiger partial charge >= 0.3 is 0 Å². The molecule has 0 radical (unpaired) electrons. The highest BCUT2D eigenvalue weighted by Gasteiger charge is 1.98. The lowest BCUT2D eigenvalue weighted by Gasteiger charge is -2.08. The largest absolute Gasteiger partial charge is 0.384 e. The number of nitrogens with two attached hydrogens (primary N) is 1. The zero-order valence-corrected chi connectivity index (χ0v) is 10.4. The van der Waals surface area contributed by atoms with Gasteiger partial charge in [-0.15, -0.1) is 0 Å². The van der Waals surface area contributed by atoms with E-state index in [0.717, 1.165) is 11.1 Å². The van der Waals surface area contributed by atoms with E-state index in [1.54, 1.807) is 0 Å². The van der Waals surface area contributed by atoms with Gasteiger partial charge in [-0.05, 0) is 19.4 Å². The van der Waals surface area contributed by atoms with Gasteiger partial charge in [0.15, 0.2) is 0 Å². The quantitative estimate of drug-likeness (QED) is 0.431. The van der Waals surface area contributed by atoms with Crippen molar-refractivity contribution in [3.8, 4) is 0 Å². The Hall–Kier alpha value is -1.39. The van der Waals surface area contributed by atoms with E-state index < -0.39 is 0 Å². The highest BCUT2D eigenvalue weighted by molar-refractivity contribution is 5.94. The van der Waals surface area contributed by atoms with Crippen molar-refractivity contribution < 1.29 is 9.47 Å². The third-order valence-corrected chi connectivity index (χ3v) is 2.21. The van der Waals surface area contributed by atoms with Crippen LogP contribution in [0, 0.1) is 5.41 Å². The van der Waals surface area contributed by atoms with Crippen molar-refractivity contribution >= 4 is 5.84 Å². The summed E-state index contributed by atoms with van der Waals surface area (Å²) in [5.41, 5.74) is 7.17. The molecule has 0 aliphatic heterocycles. The molecule has 0 bridgehead atoms. The normalized spacial score (nSPS) is 10.8. The minimum atomic E-state index is 0.0859. The molecule has 0 saturated heterocycles. The standard InChI is InChI=1S/C13H20N2O2/c1-10(2)17-8-7-16-9-11-3-5-12(6-4-11)13(14)15/h3-6,10H,7-9H2,1-2H3,(H3,14,15). The summed E-state index contributed by atoms with van der Waals surface area (Å²) in [6.07, 6.45) is 0.244. The Morgan fingerprint density at radius 1 is 1.24 bits per heavy atom. The third kappa shape index (κ3) is 5.47. The highest BCUT2D eigenvalue weighted by Crippen LogP contribution is 2.05. The summed E-state index contributed by atoms with van der Waals surface area (Å²) in [5.74, 6) is 0.0859. The van der Waals surface area contributed by atoms with Gasteiger partial charge in [0, 0.05) is 5.56 Å². The van der Waals surface area contributed by atoms with Crippen LogP contribution in [0.1, 0.15) is 25.0 Å². The lowest BCUT2D eigenvalue weighted by Crippen LogP contribution is -2.11. The topological polar surface area (TPSA) is 68.3 Å². The molecule has 0 fully saturated rings. The molecule has 0 amide bonds. The van der Waals surface area contributed by atoms with Crippen molar-refractivity contribution in [2.45, 2.75) is 26.6 Å². The molecule has 1 aromatic rings. The van der Waals surface area contributed by atoms with Crippen LogP contribution in [0.25, 0.3) is 0 Å². The first kappa shape index (κ1) is 13.7. The maximum atomic E-state index is 7.27. The van der Waals surface area contributed by atoms with Gasteiger partial charge in [-0.25, -0.2) is 0 Å². The van der Waals surface area contributed by atoms with E-state index in [9.17, 15) is 0 Å². The fourth-order valence-corrected chi connectivity index (χ4v) is 1.31. The van der Waals surface area contributed by atoms with Crippen LogP contribution in [-0.2, 0) is 16.1 Å². The molecule has 4 heteroatoms. The molecule has 0 aromatic heterocycles. The van der Waals surface area contributed by atoms with Gasteiger partial charge in [0.2, 0.25) is 0 Å². The Kier molecular flexibility index (Phi) is 5.66. The third-order valence-electron chi connectivity index (χ3n) is 2.21. The first-order valence-corrected chi connectivity index (χ1v) is 5.72. The minimum Gasteiger partial charge on any atom is -0.384 e. The molecule has 0 spiro atoms. The van der Waals surface area contributed by atoms with Crippen molar-refractivity contribution in [2.24, 2.45) is 5.73 Å². The lowest BCUT2D eigenvalue weighted by molar-refractivity contribution is 0.0143. The Labute approximate surface area is 102 Å². The number of ether oxygens (including phenoxy) is 2. The predicted octanol–water partition coefficient (Wildman–Crippen LogP) is 1.91. The van der Waals surface area contributed by atoms with Crippen LogP contribution >= 0.6 is 0 Å². The molecule has 94 valence electrons. The van der Waals surface area contributed by atoms with Crippen LogP contribution < -0.4 is 5.73 Å². The summed E-state index contributed by atoms with van der Waals surface area (Å²) in [7, 11) is 0. The molecule has 0 atom stereocenters. The monoisotopic (exact) mass is 236 g/mol. The Morgan fingerprint density at radius 3 is 2.41 bits per heavy atom. The predicted molar refractivity (Wildman–Crippen MR) is 68.2 cm³/mol. The van der Waals surface area contributed by atoms with E-state index in [-0.39, 0.29) is 11.9 Å². The summed E-state index contributed by atoms with van der Waals surface area (Å²) in [6.45, 7) is 5.76. The molecule has 0 aliphatic carbocycles.